The Hall–Kier alpha value is -0.720. The van der Waals surface area contributed by atoms with Crippen LogP contribution in [0.5, 0.6) is 0 Å². The highest BCUT2D eigenvalue weighted by Crippen LogP contribution is 2.39. The molecule has 0 amide bonds. The lowest BCUT2D eigenvalue weighted by Crippen LogP contribution is -2.10. The second kappa shape index (κ2) is 4.03. The maximum Gasteiger partial charge on any atom is 0.418 e. The summed E-state index contributed by atoms with van der Waals surface area (Å²) < 4.78 is 61.1. The zero-order chi connectivity index (χ0) is 11.8. The number of aromatic nitrogens is 1. The minimum absolute atomic E-state index is 0.120. The van der Waals surface area contributed by atoms with Crippen molar-refractivity contribution in [3.05, 3.63) is 27.5 Å². The molecular weight excluding hydrogens is 285 g/mol. The molecule has 1 aromatic heterocycles. The first-order valence-corrected chi connectivity index (χ1v) is 4.54. The molecule has 15 heavy (non-hydrogen) atoms. The monoisotopic (exact) mass is 289 g/mol. The number of rotatable bonds is 1. The van der Waals surface area contributed by atoms with Crippen molar-refractivity contribution < 1.29 is 22.0 Å². The summed E-state index contributed by atoms with van der Waals surface area (Å²) in [5.41, 5.74) is -2.03. The molecule has 1 nitrogen and oxygen atoms in total. The fourth-order valence-corrected chi connectivity index (χ4v) is 1.83. The van der Waals surface area contributed by atoms with Crippen LogP contribution in [-0.2, 0) is 6.18 Å². The highest BCUT2D eigenvalue weighted by molar-refractivity contribution is 9.10. The van der Waals surface area contributed by atoms with E-state index in [9.17, 15) is 22.0 Å². The molecule has 1 heterocycles. The number of aryl methyl sites for hydroxylation is 1. The zero-order valence-electron chi connectivity index (χ0n) is 7.37. The minimum atomic E-state index is -4.69. The van der Waals surface area contributed by atoms with Crippen molar-refractivity contribution >= 4 is 15.9 Å². The van der Waals surface area contributed by atoms with E-state index in [-0.39, 0.29) is 5.69 Å². The summed E-state index contributed by atoms with van der Waals surface area (Å²) in [6, 6.07) is 0. The molecule has 0 spiro atoms. The third kappa shape index (κ3) is 2.45. The first-order valence-electron chi connectivity index (χ1n) is 3.75. The summed E-state index contributed by atoms with van der Waals surface area (Å²) in [7, 11) is 0. The standard InChI is InChI=1S/C8H5BrF5N/c1-3-5(7(10)11)6(9)4(2-15-3)8(12,13)14/h2,7H,1H3. The van der Waals surface area contributed by atoms with Crippen molar-refractivity contribution in [2.45, 2.75) is 19.5 Å². The molecule has 0 saturated heterocycles. The van der Waals surface area contributed by atoms with E-state index in [1.807, 2.05) is 0 Å². The fourth-order valence-electron chi connectivity index (χ4n) is 1.04. The average molecular weight is 290 g/mol. The summed E-state index contributed by atoms with van der Waals surface area (Å²) in [5.74, 6) is 0. The second-order valence-corrected chi connectivity index (χ2v) is 3.58. The van der Waals surface area contributed by atoms with Gasteiger partial charge in [0.15, 0.2) is 0 Å². The molecule has 0 aliphatic rings. The molecule has 7 heteroatoms. The van der Waals surface area contributed by atoms with Crippen LogP contribution in [0.15, 0.2) is 10.7 Å². The van der Waals surface area contributed by atoms with Crippen molar-refractivity contribution in [2.75, 3.05) is 0 Å². The molecular formula is C8H5BrF5N. The predicted molar refractivity (Wildman–Crippen MR) is 46.6 cm³/mol. The van der Waals surface area contributed by atoms with Gasteiger partial charge in [0.2, 0.25) is 0 Å². The summed E-state index contributed by atoms with van der Waals surface area (Å²) >= 11 is 2.53. The van der Waals surface area contributed by atoms with Gasteiger partial charge in [-0.25, -0.2) is 8.78 Å². The molecule has 1 aromatic rings. The van der Waals surface area contributed by atoms with Crippen LogP contribution in [0, 0.1) is 6.92 Å². The van der Waals surface area contributed by atoms with Crippen LogP contribution in [0.4, 0.5) is 22.0 Å². The molecule has 0 aliphatic heterocycles. The lowest BCUT2D eigenvalue weighted by atomic mass is 10.1. The van der Waals surface area contributed by atoms with Crippen molar-refractivity contribution in [1.29, 1.82) is 0 Å². The van der Waals surface area contributed by atoms with Crippen LogP contribution in [0.25, 0.3) is 0 Å². The predicted octanol–water partition coefficient (Wildman–Crippen LogP) is 4.11. The molecule has 0 saturated carbocycles. The number of hydrogen-bond acceptors (Lipinski definition) is 1. The van der Waals surface area contributed by atoms with E-state index >= 15 is 0 Å². The minimum Gasteiger partial charge on any atom is -0.260 e. The van der Waals surface area contributed by atoms with Gasteiger partial charge in [-0.05, 0) is 22.9 Å². The van der Waals surface area contributed by atoms with E-state index in [1.54, 1.807) is 0 Å². The van der Waals surface area contributed by atoms with Crippen LogP contribution in [0.1, 0.15) is 23.2 Å². The smallest absolute Gasteiger partial charge is 0.260 e. The van der Waals surface area contributed by atoms with Crippen LogP contribution < -0.4 is 0 Å². The Bertz CT molecular complexity index is 374. The molecule has 0 aliphatic carbocycles. The maximum atomic E-state index is 12.4. The van der Waals surface area contributed by atoms with E-state index in [0.717, 1.165) is 0 Å². The third-order valence-corrected chi connectivity index (χ3v) is 2.63. The summed E-state index contributed by atoms with van der Waals surface area (Å²) in [4.78, 5) is 3.30. The largest absolute Gasteiger partial charge is 0.418 e. The Morgan fingerprint density at radius 3 is 2.27 bits per heavy atom. The van der Waals surface area contributed by atoms with Gasteiger partial charge < -0.3 is 0 Å². The van der Waals surface area contributed by atoms with Crippen molar-refractivity contribution in [1.82, 2.24) is 4.98 Å². The number of pyridine rings is 1. The number of nitrogens with zero attached hydrogens (tertiary/aromatic N) is 1. The van der Waals surface area contributed by atoms with Gasteiger partial charge in [0.1, 0.15) is 0 Å². The van der Waals surface area contributed by atoms with E-state index < -0.39 is 28.2 Å². The highest BCUT2D eigenvalue weighted by Gasteiger charge is 2.36. The summed E-state index contributed by atoms with van der Waals surface area (Å²) in [5, 5.41) is 0. The number of hydrogen-bond donors (Lipinski definition) is 0. The Morgan fingerprint density at radius 1 is 1.33 bits per heavy atom. The van der Waals surface area contributed by atoms with Gasteiger partial charge in [-0.1, -0.05) is 0 Å². The molecule has 84 valence electrons. The Kier molecular flexibility index (Phi) is 3.32. The van der Waals surface area contributed by atoms with E-state index in [1.165, 1.54) is 6.92 Å². The summed E-state index contributed by atoms with van der Waals surface area (Å²) in [6.45, 7) is 1.23. The number of halogens is 6. The number of alkyl halides is 5. The van der Waals surface area contributed by atoms with E-state index in [2.05, 4.69) is 20.9 Å². The molecule has 0 radical (unpaired) electrons. The van der Waals surface area contributed by atoms with Crippen LogP contribution in [-0.4, -0.2) is 4.98 Å². The molecule has 0 atom stereocenters. The quantitative estimate of drug-likeness (QED) is 0.709. The van der Waals surface area contributed by atoms with E-state index in [0.29, 0.717) is 6.20 Å². The van der Waals surface area contributed by atoms with Crippen LogP contribution >= 0.6 is 15.9 Å². The lowest BCUT2D eigenvalue weighted by molar-refractivity contribution is -0.138. The third-order valence-electron chi connectivity index (χ3n) is 1.77. The Balaban J connectivity index is 3.42. The van der Waals surface area contributed by atoms with Crippen molar-refractivity contribution in [3.63, 3.8) is 0 Å². The van der Waals surface area contributed by atoms with Gasteiger partial charge in [0, 0.05) is 16.4 Å². The van der Waals surface area contributed by atoms with Gasteiger partial charge in [-0.3, -0.25) is 4.98 Å². The molecule has 0 bridgehead atoms. The lowest BCUT2D eigenvalue weighted by Gasteiger charge is -2.13. The molecule has 1 rings (SSSR count). The summed E-state index contributed by atoms with van der Waals surface area (Å²) in [6.07, 6.45) is -7.15. The van der Waals surface area contributed by atoms with E-state index in [4.69, 9.17) is 0 Å². The molecule has 0 aromatic carbocycles. The normalized spacial score (nSPS) is 12.3. The Morgan fingerprint density at radius 2 is 1.87 bits per heavy atom. The second-order valence-electron chi connectivity index (χ2n) is 2.78. The van der Waals surface area contributed by atoms with Crippen molar-refractivity contribution in [3.8, 4) is 0 Å². The van der Waals surface area contributed by atoms with Gasteiger partial charge in [0.25, 0.3) is 6.43 Å². The topological polar surface area (TPSA) is 12.9 Å². The van der Waals surface area contributed by atoms with Gasteiger partial charge in [-0.2, -0.15) is 13.2 Å². The average Bonchev–Trinajstić information content (AvgIpc) is 2.00. The van der Waals surface area contributed by atoms with Crippen molar-refractivity contribution in [2.24, 2.45) is 0 Å². The highest BCUT2D eigenvalue weighted by atomic mass is 79.9. The zero-order valence-corrected chi connectivity index (χ0v) is 8.96. The van der Waals surface area contributed by atoms with Gasteiger partial charge >= 0.3 is 6.18 Å². The van der Waals surface area contributed by atoms with Gasteiger partial charge in [-0.15, -0.1) is 0 Å². The SMILES string of the molecule is Cc1ncc(C(F)(F)F)c(Br)c1C(F)F. The first-order chi connectivity index (χ1) is 6.75. The fraction of sp³-hybridized carbons (Fsp3) is 0.375. The Labute approximate surface area is 90.4 Å². The molecule has 0 unspecified atom stereocenters. The molecule has 0 fully saturated rings. The maximum absolute atomic E-state index is 12.4. The first kappa shape index (κ1) is 12.4. The molecule has 0 N–H and O–H groups in total. The van der Waals surface area contributed by atoms with Crippen LogP contribution in [0.3, 0.4) is 0 Å². The van der Waals surface area contributed by atoms with Gasteiger partial charge in [0.05, 0.1) is 11.1 Å². The van der Waals surface area contributed by atoms with Crippen LogP contribution in [0.2, 0.25) is 0 Å².